The number of ether oxygens (including phenoxy) is 3. The zero-order chi connectivity index (χ0) is 51.3. The van der Waals surface area contributed by atoms with Crippen molar-refractivity contribution in [1.29, 1.82) is 0 Å². The van der Waals surface area contributed by atoms with Crippen molar-refractivity contribution in [2.75, 3.05) is 26.4 Å². The van der Waals surface area contributed by atoms with E-state index < -0.39 is 57.8 Å². The Morgan fingerprint density at radius 1 is 0.414 bits per heavy atom. The van der Waals surface area contributed by atoms with Gasteiger partial charge in [0.25, 0.3) is 0 Å². The number of rotatable bonds is 51. The minimum absolute atomic E-state index is 0.135. The van der Waals surface area contributed by atoms with Crippen molar-refractivity contribution in [2.45, 2.75) is 251 Å². The normalized spacial score (nSPS) is 14.0. The molecule has 11 nitrogen and oxygen atoms in total. The third kappa shape index (κ3) is 49.9. The molecule has 0 aromatic heterocycles. The predicted octanol–water partition coefficient (Wildman–Crippen LogP) is 16.1. The minimum Gasteiger partial charge on any atom is -0.462 e. The van der Waals surface area contributed by atoms with Crippen LogP contribution >= 0.6 is 7.82 Å². The summed E-state index contributed by atoms with van der Waals surface area (Å²) in [6.45, 7) is 4.45. The van der Waals surface area contributed by atoms with E-state index in [0.29, 0.717) is 19.3 Å². The summed E-state index contributed by atoms with van der Waals surface area (Å²) in [6, 6.07) is 0. The summed E-state index contributed by atoms with van der Waals surface area (Å²) in [5.41, 5.74) is 0. The minimum atomic E-state index is -4.75. The van der Waals surface area contributed by atoms with Crippen LogP contribution in [0.2, 0.25) is 0 Å². The number of hydrogen-bond acceptors (Lipinski definition) is 10. The summed E-state index contributed by atoms with van der Waals surface area (Å²) in [5, 5.41) is 9.78. The van der Waals surface area contributed by atoms with Gasteiger partial charge in [0, 0.05) is 19.3 Å². The van der Waals surface area contributed by atoms with Crippen molar-refractivity contribution in [2.24, 2.45) is 0 Å². The largest absolute Gasteiger partial charge is 0.472 e. The Morgan fingerprint density at radius 2 is 0.743 bits per heavy atom. The van der Waals surface area contributed by atoms with Gasteiger partial charge in [-0.05, 0) is 89.9 Å². The number of aliphatic hydroxyl groups excluding tert-OH is 1. The van der Waals surface area contributed by atoms with Crippen molar-refractivity contribution < 1.29 is 52.2 Å². The number of carbonyl (C=O) groups is 3. The molecule has 0 aliphatic carbocycles. The molecule has 0 aromatic rings. The molecule has 0 aromatic carbocycles. The highest BCUT2D eigenvalue weighted by atomic mass is 31.2. The van der Waals surface area contributed by atoms with E-state index in [1.807, 2.05) is 0 Å². The Labute approximate surface area is 427 Å². The summed E-state index contributed by atoms with van der Waals surface area (Å²) in [6.07, 6.45) is 57.2. The fraction of sp³-hybridized carbons (Fsp3) is 0.741. The Balaban J connectivity index is 4.80. The molecule has 3 atom stereocenters. The quantitative estimate of drug-likeness (QED) is 0.0197. The Kier molecular flexibility index (Phi) is 50.0. The summed E-state index contributed by atoms with van der Waals surface area (Å²) in [7, 11) is -4.75. The van der Waals surface area contributed by atoms with Gasteiger partial charge >= 0.3 is 25.7 Å². The molecule has 3 unspecified atom stereocenters. The van der Waals surface area contributed by atoms with Gasteiger partial charge in [-0.1, -0.05) is 203 Å². The van der Waals surface area contributed by atoms with Crippen molar-refractivity contribution in [1.82, 2.24) is 0 Å². The second kappa shape index (κ2) is 52.2. The van der Waals surface area contributed by atoms with E-state index in [-0.39, 0.29) is 25.9 Å². The average Bonchev–Trinajstić information content (AvgIpc) is 3.35. The van der Waals surface area contributed by atoms with Crippen LogP contribution in [-0.4, -0.2) is 66.5 Å². The molecule has 70 heavy (non-hydrogen) atoms. The standard InChI is InChI=1S/C58H101O11P/c1-4-7-10-13-16-19-22-24-26-27-29-31-34-37-40-43-46-49-58(62)69-55(51-65-56(60)47-44-41-38-35-33-30-28-25-23-20-17-14-11-8-5-2)53-67-70(63,64)66-52-54(50-59)68-57(61)48-45-42-39-36-32-21-18-15-12-9-6-3/h7,10,16-17,19-20,24-26,28-29,31,54-55,59H,4-6,8-9,11-15,18,21-23,27,30,32-53H2,1-3H3,(H,63,64)/b10-7-,19-16-,20-17-,26-24-,28-25-,31-29-. The topological polar surface area (TPSA) is 155 Å². The lowest BCUT2D eigenvalue weighted by atomic mass is 10.1. The highest BCUT2D eigenvalue weighted by Gasteiger charge is 2.28. The number of phosphoric ester groups is 1. The van der Waals surface area contributed by atoms with Gasteiger partial charge < -0.3 is 24.2 Å². The number of allylic oxidation sites excluding steroid dienone is 12. The molecule has 0 aliphatic heterocycles. The van der Waals surface area contributed by atoms with Gasteiger partial charge in [0.1, 0.15) is 12.7 Å². The lowest BCUT2D eigenvalue weighted by molar-refractivity contribution is -0.161. The van der Waals surface area contributed by atoms with Crippen LogP contribution in [0.25, 0.3) is 0 Å². The molecule has 2 N–H and O–H groups in total. The molecule has 0 saturated carbocycles. The molecule has 404 valence electrons. The average molecular weight is 1010 g/mol. The molecule has 0 spiro atoms. The first-order valence-corrected chi connectivity index (χ1v) is 29.3. The van der Waals surface area contributed by atoms with Crippen LogP contribution in [0, 0.1) is 0 Å². The predicted molar refractivity (Wildman–Crippen MR) is 288 cm³/mol. The van der Waals surface area contributed by atoms with Gasteiger partial charge in [-0.3, -0.25) is 23.4 Å². The van der Waals surface area contributed by atoms with Gasteiger partial charge in [-0.25, -0.2) is 4.57 Å². The van der Waals surface area contributed by atoms with E-state index in [1.165, 1.54) is 64.2 Å². The first-order valence-electron chi connectivity index (χ1n) is 27.8. The van der Waals surface area contributed by atoms with E-state index in [4.69, 9.17) is 23.3 Å². The maximum atomic E-state index is 12.9. The maximum Gasteiger partial charge on any atom is 0.472 e. The third-order valence-electron chi connectivity index (χ3n) is 11.6. The van der Waals surface area contributed by atoms with Crippen LogP contribution < -0.4 is 0 Å². The number of phosphoric acid groups is 1. The number of carbonyl (C=O) groups excluding carboxylic acids is 3. The summed E-state index contributed by atoms with van der Waals surface area (Å²) in [4.78, 5) is 48.4. The molecular formula is C58H101O11P. The zero-order valence-corrected chi connectivity index (χ0v) is 45.4. The first kappa shape index (κ1) is 66.9. The fourth-order valence-electron chi connectivity index (χ4n) is 7.38. The molecule has 0 amide bonds. The number of hydrogen-bond donors (Lipinski definition) is 2. The van der Waals surface area contributed by atoms with E-state index in [9.17, 15) is 28.9 Å². The molecule has 0 heterocycles. The molecule has 12 heteroatoms. The fourth-order valence-corrected chi connectivity index (χ4v) is 8.16. The smallest absolute Gasteiger partial charge is 0.462 e. The Bertz CT molecular complexity index is 1450. The van der Waals surface area contributed by atoms with Crippen LogP contribution in [0.4, 0.5) is 0 Å². The van der Waals surface area contributed by atoms with E-state index >= 15 is 0 Å². The lowest BCUT2D eigenvalue weighted by Crippen LogP contribution is -2.30. The molecule has 0 radical (unpaired) electrons. The van der Waals surface area contributed by atoms with E-state index in [1.54, 1.807) is 0 Å². The SMILES string of the molecule is CC/C=C\C/C=C\C/C=C\C/C=C\CCCCCCC(=O)OC(COC(=O)CCCCCCC/C=C\C/C=C\CCCCC)COP(=O)(O)OCC(CO)OC(=O)CCCCCCCCCCCCC. The van der Waals surface area contributed by atoms with Crippen LogP contribution in [-0.2, 0) is 42.2 Å². The maximum absolute atomic E-state index is 12.9. The zero-order valence-electron chi connectivity index (χ0n) is 44.5. The number of unbranched alkanes of at least 4 members (excludes halogenated alkanes) is 22. The van der Waals surface area contributed by atoms with Crippen LogP contribution in [0.3, 0.4) is 0 Å². The van der Waals surface area contributed by atoms with Crippen molar-refractivity contribution >= 4 is 25.7 Å². The summed E-state index contributed by atoms with van der Waals surface area (Å²) >= 11 is 0. The molecule has 0 fully saturated rings. The lowest BCUT2D eigenvalue weighted by Gasteiger charge is -2.21. The Morgan fingerprint density at radius 3 is 1.17 bits per heavy atom. The van der Waals surface area contributed by atoms with Gasteiger partial charge in [-0.2, -0.15) is 0 Å². The van der Waals surface area contributed by atoms with Crippen LogP contribution in [0.5, 0.6) is 0 Å². The molecule has 0 rings (SSSR count). The highest BCUT2D eigenvalue weighted by Crippen LogP contribution is 2.43. The third-order valence-corrected chi connectivity index (χ3v) is 12.6. The molecule has 0 bridgehead atoms. The second-order valence-electron chi connectivity index (χ2n) is 18.4. The number of esters is 3. The Hall–Kier alpha value is -3.08. The monoisotopic (exact) mass is 1000 g/mol. The molecular weight excluding hydrogens is 904 g/mol. The van der Waals surface area contributed by atoms with E-state index in [0.717, 1.165) is 116 Å². The van der Waals surface area contributed by atoms with Crippen molar-refractivity contribution in [3.63, 3.8) is 0 Å². The second-order valence-corrected chi connectivity index (χ2v) is 19.8. The van der Waals surface area contributed by atoms with Gasteiger partial charge in [0.2, 0.25) is 0 Å². The molecule has 0 aliphatic rings. The van der Waals surface area contributed by atoms with Crippen LogP contribution in [0.15, 0.2) is 72.9 Å². The molecule has 0 saturated heterocycles. The summed E-state index contributed by atoms with van der Waals surface area (Å²) < 4.78 is 39.4. The van der Waals surface area contributed by atoms with Crippen molar-refractivity contribution in [3.05, 3.63) is 72.9 Å². The van der Waals surface area contributed by atoms with Crippen molar-refractivity contribution in [3.8, 4) is 0 Å². The van der Waals surface area contributed by atoms with Gasteiger partial charge in [-0.15, -0.1) is 0 Å². The summed E-state index contributed by atoms with van der Waals surface area (Å²) in [5.74, 6) is -1.51. The van der Waals surface area contributed by atoms with E-state index in [2.05, 4.69) is 93.7 Å². The van der Waals surface area contributed by atoms with Gasteiger partial charge in [0.05, 0.1) is 19.8 Å². The van der Waals surface area contributed by atoms with Gasteiger partial charge in [0.15, 0.2) is 6.10 Å². The van der Waals surface area contributed by atoms with Crippen LogP contribution in [0.1, 0.15) is 239 Å². The first-order chi connectivity index (χ1) is 34.2. The highest BCUT2D eigenvalue weighted by molar-refractivity contribution is 7.47. The number of aliphatic hydroxyl groups is 1.